The molecule has 7 nitrogen and oxygen atoms in total. The second kappa shape index (κ2) is 12.2. The molecule has 3 aromatic rings. The van der Waals surface area contributed by atoms with Gasteiger partial charge in [0.15, 0.2) is 0 Å². The number of carbonyl (C=O) groups excluding carboxylic acids is 1. The number of fused-ring (bicyclic) bond motifs is 1. The van der Waals surface area contributed by atoms with Crippen molar-refractivity contribution in [2.45, 2.75) is 20.8 Å². The fourth-order valence-corrected chi connectivity index (χ4v) is 3.89. The van der Waals surface area contributed by atoms with Crippen LogP contribution in [0.4, 0.5) is 17.1 Å². The van der Waals surface area contributed by atoms with Crippen LogP contribution in [0.3, 0.4) is 0 Å². The molecule has 1 amide bonds. The molecule has 0 aliphatic heterocycles. The van der Waals surface area contributed by atoms with E-state index in [1.165, 1.54) is 12.3 Å². The van der Waals surface area contributed by atoms with Crippen molar-refractivity contribution in [1.82, 2.24) is 9.88 Å². The molecule has 1 aromatic heterocycles. The van der Waals surface area contributed by atoms with Gasteiger partial charge in [0.2, 0.25) is 5.91 Å². The van der Waals surface area contributed by atoms with Gasteiger partial charge >= 0.3 is 0 Å². The van der Waals surface area contributed by atoms with Crippen molar-refractivity contribution in [2.24, 2.45) is 0 Å². The quantitative estimate of drug-likeness (QED) is 0.325. The first-order valence-electron chi connectivity index (χ1n) is 11.2. The standard InChI is InChI=1S/C26H28BrN5O2/c1-4-32(5-2)12-8-11-25(33)31-23-14-21-22(15-24(23)34-6-3)29-17-18(16-28)26(21)30-20-10-7-9-19(27)13-20/h7-11,13-15,17H,4-6,12H2,1-3H3,(H,29,30)(H,31,33). The second-order valence-corrected chi connectivity index (χ2v) is 8.39. The highest BCUT2D eigenvalue weighted by atomic mass is 79.9. The summed E-state index contributed by atoms with van der Waals surface area (Å²) in [5, 5.41) is 16.7. The van der Waals surface area contributed by atoms with E-state index in [0.29, 0.717) is 46.7 Å². The Morgan fingerprint density at radius 2 is 2.03 bits per heavy atom. The molecule has 2 N–H and O–H groups in total. The number of benzene rings is 2. The van der Waals surface area contributed by atoms with Gasteiger partial charge in [0.1, 0.15) is 11.8 Å². The summed E-state index contributed by atoms with van der Waals surface area (Å²) in [7, 11) is 0. The average Bonchev–Trinajstić information content (AvgIpc) is 2.83. The number of hydrogen-bond acceptors (Lipinski definition) is 6. The van der Waals surface area contributed by atoms with E-state index in [9.17, 15) is 10.1 Å². The minimum atomic E-state index is -0.252. The van der Waals surface area contributed by atoms with E-state index in [1.807, 2.05) is 37.3 Å². The molecule has 0 aliphatic rings. The monoisotopic (exact) mass is 521 g/mol. The molecule has 0 unspecified atom stereocenters. The summed E-state index contributed by atoms with van der Waals surface area (Å²) in [6.07, 6.45) is 4.91. The zero-order valence-electron chi connectivity index (χ0n) is 19.6. The number of anilines is 3. The Balaban J connectivity index is 2.00. The minimum Gasteiger partial charge on any atom is -0.492 e. The van der Waals surface area contributed by atoms with Gasteiger partial charge in [0.05, 0.1) is 29.1 Å². The van der Waals surface area contributed by atoms with E-state index >= 15 is 0 Å². The summed E-state index contributed by atoms with van der Waals surface area (Å²) in [6, 6.07) is 13.4. The van der Waals surface area contributed by atoms with Crippen molar-refractivity contribution in [1.29, 1.82) is 5.26 Å². The second-order valence-electron chi connectivity index (χ2n) is 7.47. The van der Waals surface area contributed by atoms with Crippen molar-refractivity contribution in [3.8, 4) is 11.8 Å². The zero-order valence-corrected chi connectivity index (χ0v) is 21.1. The van der Waals surface area contributed by atoms with Crippen LogP contribution in [0.5, 0.6) is 5.75 Å². The van der Waals surface area contributed by atoms with E-state index in [4.69, 9.17) is 4.74 Å². The summed E-state index contributed by atoms with van der Waals surface area (Å²) >= 11 is 3.47. The molecule has 0 bridgehead atoms. The number of halogens is 1. The number of pyridine rings is 1. The largest absolute Gasteiger partial charge is 0.492 e. The fourth-order valence-electron chi connectivity index (χ4n) is 3.49. The Kier molecular flexibility index (Phi) is 9.02. The van der Waals surface area contributed by atoms with Gasteiger partial charge in [-0.15, -0.1) is 0 Å². The van der Waals surface area contributed by atoms with Crippen LogP contribution >= 0.6 is 15.9 Å². The molecule has 176 valence electrons. The SMILES string of the molecule is CCOc1cc2ncc(C#N)c(Nc3cccc(Br)c3)c2cc1NC(=O)C=CCN(CC)CC. The van der Waals surface area contributed by atoms with Crippen LogP contribution in [0.25, 0.3) is 10.9 Å². The molecule has 8 heteroatoms. The molecule has 2 aromatic carbocycles. The van der Waals surface area contributed by atoms with E-state index < -0.39 is 0 Å². The third-order valence-corrected chi connectivity index (χ3v) is 5.76. The highest BCUT2D eigenvalue weighted by Crippen LogP contribution is 2.36. The maximum Gasteiger partial charge on any atom is 0.248 e. The van der Waals surface area contributed by atoms with Gasteiger partial charge in [-0.3, -0.25) is 9.78 Å². The Hall–Kier alpha value is -3.41. The normalized spacial score (nSPS) is 11.1. The van der Waals surface area contributed by atoms with Crippen LogP contribution in [0.2, 0.25) is 0 Å². The van der Waals surface area contributed by atoms with Crippen molar-refractivity contribution in [3.63, 3.8) is 0 Å². The van der Waals surface area contributed by atoms with Crippen molar-refractivity contribution in [3.05, 3.63) is 64.8 Å². The van der Waals surface area contributed by atoms with Crippen LogP contribution < -0.4 is 15.4 Å². The predicted molar refractivity (Wildman–Crippen MR) is 141 cm³/mol. The van der Waals surface area contributed by atoms with E-state index in [-0.39, 0.29) is 5.91 Å². The van der Waals surface area contributed by atoms with Crippen LogP contribution in [0.1, 0.15) is 26.3 Å². The highest BCUT2D eigenvalue weighted by Gasteiger charge is 2.15. The maximum atomic E-state index is 12.6. The lowest BCUT2D eigenvalue weighted by molar-refractivity contribution is -0.111. The molecule has 0 saturated carbocycles. The summed E-state index contributed by atoms with van der Waals surface area (Å²) in [5.41, 5.74) is 2.99. The first-order chi connectivity index (χ1) is 16.5. The third-order valence-electron chi connectivity index (χ3n) is 5.27. The van der Waals surface area contributed by atoms with Crippen LogP contribution in [0.15, 0.2) is 59.2 Å². The molecule has 0 atom stereocenters. The summed E-state index contributed by atoms with van der Waals surface area (Å²) in [4.78, 5) is 19.3. The number of aromatic nitrogens is 1. The molecular weight excluding hydrogens is 494 g/mol. The number of nitrogens with zero attached hydrogens (tertiary/aromatic N) is 3. The lowest BCUT2D eigenvalue weighted by Gasteiger charge is -2.16. The summed E-state index contributed by atoms with van der Waals surface area (Å²) < 4.78 is 6.69. The Morgan fingerprint density at radius 3 is 2.71 bits per heavy atom. The van der Waals surface area contributed by atoms with Gasteiger partial charge in [0.25, 0.3) is 0 Å². The molecule has 3 rings (SSSR count). The maximum absolute atomic E-state index is 12.6. The van der Waals surface area contributed by atoms with E-state index in [0.717, 1.165) is 23.2 Å². The lowest BCUT2D eigenvalue weighted by Crippen LogP contribution is -2.23. The zero-order chi connectivity index (χ0) is 24.5. The first-order valence-corrected chi connectivity index (χ1v) is 12.0. The number of ether oxygens (including phenoxy) is 1. The van der Waals surface area contributed by atoms with Gasteiger partial charge in [-0.25, -0.2) is 0 Å². The van der Waals surface area contributed by atoms with Gasteiger partial charge in [-0.1, -0.05) is 41.9 Å². The van der Waals surface area contributed by atoms with Crippen LogP contribution in [-0.2, 0) is 4.79 Å². The Bertz CT molecular complexity index is 1230. The van der Waals surface area contributed by atoms with Gasteiger partial charge in [0, 0.05) is 40.4 Å². The topological polar surface area (TPSA) is 90.3 Å². The first kappa shape index (κ1) is 25.2. The summed E-state index contributed by atoms with van der Waals surface area (Å²) in [6.45, 7) is 9.03. The third kappa shape index (κ3) is 6.34. The molecule has 0 saturated heterocycles. The van der Waals surface area contributed by atoms with E-state index in [2.05, 4.69) is 56.4 Å². The van der Waals surface area contributed by atoms with Crippen molar-refractivity contribution in [2.75, 3.05) is 36.9 Å². The summed E-state index contributed by atoms with van der Waals surface area (Å²) in [5.74, 6) is 0.268. The van der Waals surface area contributed by atoms with Crippen LogP contribution in [-0.4, -0.2) is 42.0 Å². The Morgan fingerprint density at radius 1 is 1.24 bits per heavy atom. The van der Waals surface area contributed by atoms with Gasteiger partial charge in [-0.2, -0.15) is 5.26 Å². The van der Waals surface area contributed by atoms with E-state index in [1.54, 1.807) is 12.1 Å². The van der Waals surface area contributed by atoms with Crippen molar-refractivity contribution >= 4 is 49.8 Å². The smallest absolute Gasteiger partial charge is 0.248 e. The minimum absolute atomic E-state index is 0.252. The number of likely N-dealkylation sites (N-methyl/N-ethyl adjacent to an activating group) is 1. The fraction of sp³-hybridized carbons (Fsp3) is 0.269. The Labute approximate surface area is 208 Å². The highest BCUT2D eigenvalue weighted by molar-refractivity contribution is 9.10. The van der Waals surface area contributed by atoms with Gasteiger partial charge < -0.3 is 20.3 Å². The number of hydrogen-bond donors (Lipinski definition) is 2. The van der Waals surface area contributed by atoms with Gasteiger partial charge in [-0.05, 0) is 44.3 Å². The molecule has 34 heavy (non-hydrogen) atoms. The average molecular weight is 522 g/mol. The number of nitrogens with one attached hydrogen (secondary N) is 2. The molecule has 0 spiro atoms. The molecular formula is C26H28BrN5O2. The molecule has 0 aliphatic carbocycles. The van der Waals surface area contributed by atoms with Crippen LogP contribution in [0, 0.1) is 11.3 Å². The molecule has 1 heterocycles. The number of rotatable bonds is 10. The number of nitriles is 1. The molecule has 0 fully saturated rings. The van der Waals surface area contributed by atoms with Crippen molar-refractivity contribution < 1.29 is 9.53 Å². The predicted octanol–water partition coefficient (Wildman–Crippen LogP) is 5.85. The number of amides is 1. The molecule has 0 radical (unpaired) electrons. The lowest BCUT2D eigenvalue weighted by atomic mass is 10.1. The number of carbonyl (C=O) groups is 1.